The Morgan fingerprint density at radius 2 is 2.17 bits per heavy atom. The van der Waals surface area contributed by atoms with E-state index in [1.807, 2.05) is 17.7 Å². The molecule has 2 atom stereocenters. The summed E-state index contributed by atoms with van der Waals surface area (Å²) in [6.07, 6.45) is 9.57. The zero-order valence-corrected chi connectivity index (χ0v) is 14.3. The predicted octanol–water partition coefficient (Wildman–Crippen LogP) is 1.48. The predicted molar refractivity (Wildman–Crippen MR) is 89.7 cm³/mol. The van der Waals surface area contributed by atoms with E-state index in [1.165, 1.54) is 0 Å². The van der Waals surface area contributed by atoms with E-state index in [-0.39, 0.29) is 29.8 Å². The molecule has 2 amide bonds. The number of hydrogen-bond acceptors (Lipinski definition) is 4. The molecular formula is C16H24N4O2S. The average molecular weight is 336 g/mol. The Morgan fingerprint density at radius 3 is 2.87 bits per heavy atom. The van der Waals surface area contributed by atoms with Crippen molar-refractivity contribution in [2.24, 2.45) is 5.92 Å². The summed E-state index contributed by atoms with van der Waals surface area (Å²) in [5.74, 6) is 1.61. The fourth-order valence-corrected chi connectivity index (χ4v) is 4.54. The molecule has 3 rings (SSSR count). The number of aromatic nitrogens is 2. The van der Waals surface area contributed by atoms with E-state index < -0.39 is 0 Å². The van der Waals surface area contributed by atoms with Gasteiger partial charge in [0.05, 0.1) is 12.2 Å². The molecule has 0 bridgehead atoms. The number of nitrogens with zero attached hydrogens (tertiary/aromatic N) is 3. The van der Waals surface area contributed by atoms with Gasteiger partial charge in [0.25, 0.3) is 0 Å². The molecule has 1 saturated carbocycles. The molecule has 2 aliphatic rings. The van der Waals surface area contributed by atoms with Gasteiger partial charge in [0.1, 0.15) is 6.04 Å². The van der Waals surface area contributed by atoms with Gasteiger partial charge in [0.15, 0.2) is 0 Å². The number of nitrogens with one attached hydrogen (secondary N) is 1. The number of rotatable bonds is 5. The highest BCUT2D eigenvalue weighted by Gasteiger charge is 2.38. The molecule has 7 heteroatoms. The third kappa shape index (κ3) is 3.88. The second-order valence-corrected chi connectivity index (χ2v) is 7.47. The molecule has 23 heavy (non-hydrogen) atoms. The molecule has 0 radical (unpaired) electrons. The molecule has 126 valence electrons. The number of amides is 2. The molecule has 2 fully saturated rings. The minimum Gasteiger partial charge on any atom is -0.350 e. The molecule has 1 aliphatic carbocycles. The summed E-state index contributed by atoms with van der Waals surface area (Å²) in [4.78, 5) is 31.0. The van der Waals surface area contributed by atoms with E-state index in [2.05, 4.69) is 10.3 Å². The first kappa shape index (κ1) is 16.4. The van der Waals surface area contributed by atoms with Crippen molar-refractivity contribution in [3.63, 3.8) is 0 Å². The van der Waals surface area contributed by atoms with Crippen LogP contribution in [0, 0.1) is 5.92 Å². The molecule has 1 saturated heterocycles. The maximum atomic E-state index is 12.6. The molecule has 0 aromatic carbocycles. The normalized spacial score (nSPS) is 23.2. The summed E-state index contributed by atoms with van der Waals surface area (Å²) in [5.41, 5.74) is 0. The van der Waals surface area contributed by atoms with Crippen LogP contribution in [0.5, 0.6) is 0 Å². The monoisotopic (exact) mass is 336 g/mol. The number of imidazole rings is 1. The van der Waals surface area contributed by atoms with Crippen molar-refractivity contribution >= 4 is 23.6 Å². The van der Waals surface area contributed by atoms with Gasteiger partial charge in [-0.05, 0) is 19.8 Å². The third-order valence-electron chi connectivity index (χ3n) is 4.60. The third-order valence-corrected chi connectivity index (χ3v) is 5.62. The van der Waals surface area contributed by atoms with Crippen molar-refractivity contribution in [3.05, 3.63) is 18.7 Å². The Labute approximate surface area is 141 Å². The molecule has 1 aliphatic heterocycles. The van der Waals surface area contributed by atoms with Crippen LogP contribution in [0.4, 0.5) is 0 Å². The topological polar surface area (TPSA) is 67.2 Å². The van der Waals surface area contributed by atoms with E-state index in [1.54, 1.807) is 29.2 Å². The van der Waals surface area contributed by atoms with Crippen LogP contribution in [0.2, 0.25) is 0 Å². The van der Waals surface area contributed by atoms with E-state index in [0.29, 0.717) is 18.2 Å². The van der Waals surface area contributed by atoms with Gasteiger partial charge in [-0.1, -0.05) is 12.8 Å². The van der Waals surface area contributed by atoms with Crippen molar-refractivity contribution in [1.29, 1.82) is 0 Å². The lowest BCUT2D eigenvalue weighted by Crippen LogP contribution is -2.51. The first-order chi connectivity index (χ1) is 11.1. The van der Waals surface area contributed by atoms with Gasteiger partial charge in [-0.2, -0.15) is 0 Å². The molecule has 1 aromatic heterocycles. The van der Waals surface area contributed by atoms with Crippen molar-refractivity contribution in [2.45, 2.75) is 51.2 Å². The van der Waals surface area contributed by atoms with Gasteiger partial charge in [-0.25, -0.2) is 4.98 Å². The zero-order chi connectivity index (χ0) is 16.2. The van der Waals surface area contributed by atoms with Crippen molar-refractivity contribution < 1.29 is 9.59 Å². The Morgan fingerprint density at radius 1 is 1.39 bits per heavy atom. The molecule has 1 aromatic rings. The van der Waals surface area contributed by atoms with Crippen LogP contribution < -0.4 is 5.32 Å². The lowest BCUT2D eigenvalue weighted by molar-refractivity contribution is -0.141. The van der Waals surface area contributed by atoms with E-state index in [9.17, 15) is 9.59 Å². The van der Waals surface area contributed by atoms with Gasteiger partial charge in [-0.15, -0.1) is 11.8 Å². The summed E-state index contributed by atoms with van der Waals surface area (Å²) < 4.78 is 1.94. The van der Waals surface area contributed by atoms with Crippen LogP contribution in [-0.4, -0.2) is 50.0 Å². The molecule has 1 N–H and O–H groups in total. The second kappa shape index (κ2) is 7.38. The molecule has 0 spiro atoms. The lowest BCUT2D eigenvalue weighted by Gasteiger charge is -2.27. The summed E-state index contributed by atoms with van der Waals surface area (Å²) in [6, 6.07) is -0.316. The Hall–Kier alpha value is -1.50. The van der Waals surface area contributed by atoms with E-state index >= 15 is 0 Å². The first-order valence-corrected chi connectivity index (χ1v) is 9.45. The molecule has 2 heterocycles. The fraction of sp³-hybridized carbons (Fsp3) is 0.688. The Balaban J connectivity index is 1.55. The molecule has 0 unspecified atom stereocenters. The zero-order valence-electron chi connectivity index (χ0n) is 13.5. The average Bonchev–Trinajstić information content (AvgIpc) is 3.27. The van der Waals surface area contributed by atoms with Crippen LogP contribution in [0.25, 0.3) is 0 Å². The number of thioether (sulfide) groups is 1. The van der Waals surface area contributed by atoms with Crippen LogP contribution in [0.1, 0.15) is 32.6 Å². The van der Waals surface area contributed by atoms with Crippen molar-refractivity contribution in [1.82, 2.24) is 19.8 Å². The standard InChI is InChI=1S/C16H24N4O2S/c1-12(8-19-7-6-17-10-19)18-15(21)14-9-23-11-20(14)16(22)13-4-2-3-5-13/h6-7,10,12-14H,2-5,8-9,11H2,1H3,(H,18,21)/t12-,14+/m1/s1. The van der Waals surface area contributed by atoms with Gasteiger partial charge >= 0.3 is 0 Å². The maximum absolute atomic E-state index is 12.6. The fourth-order valence-electron chi connectivity index (χ4n) is 3.38. The minimum absolute atomic E-state index is 0.00531. The van der Waals surface area contributed by atoms with E-state index in [4.69, 9.17) is 0 Å². The van der Waals surface area contributed by atoms with Gasteiger partial charge < -0.3 is 14.8 Å². The van der Waals surface area contributed by atoms with E-state index in [0.717, 1.165) is 25.7 Å². The highest BCUT2D eigenvalue weighted by Crippen LogP contribution is 2.30. The maximum Gasteiger partial charge on any atom is 0.243 e. The number of carbonyl (C=O) groups excluding carboxylic acids is 2. The van der Waals surface area contributed by atoms with Crippen molar-refractivity contribution in [2.75, 3.05) is 11.6 Å². The Kier molecular flexibility index (Phi) is 5.25. The van der Waals surface area contributed by atoms with Crippen LogP contribution >= 0.6 is 11.8 Å². The minimum atomic E-state index is -0.321. The van der Waals surface area contributed by atoms with Crippen LogP contribution in [0.3, 0.4) is 0 Å². The smallest absolute Gasteiger partial charge is 0.243 e. The largest absolute Gasteiger partial charge is 0.350 e. The number of hydrogen-bond donors (Lipinski definition) is 1. The van der Waals surface area contributed by atoms with Crippen molar-refractivity contribution in [3.8, 4) is 0 Å². The summed E-state index contributed by atoms with van der Waals surface area (Å²) >= 11 is 1.67. The highest BCUT2D eigenvalue weighted by atomic mass is 32.2. The quantitative estimate of drug-likeness (QED) is 0.884. The van der Waals surface area contributed by atoms with Crippen LogP contribution in [0.15, 0.2) is 18.7 Å². The lowest BCUT2D eigenvalue weighted by atomic mass is 10.1. The first-order valence-electron chi connectivity index (χ1n) is 8.29. The molecular weight excluding hydrogens is 312 g/mol. The highest BCUT2D eigenvalue weighted by molar-refractivity contribution is 7.99. The van der Waals surface area contributed by atoms with Gasteiger partial charge in [-0.3, -0.25) is 9.59 Å². The second-order valence-electron chi connectivity index (χ2n) is 6.47. The summed E-state index contributed by atoms with van der Waals surface area (Å²) in [7, 11) is 0. The van der Waals surface area contributed by atoms with Gasteiger partial charge in [0, 0.05) is 36.7 Å². The summed E-state index contributed by atoms with van der Waals surface area (Å²) in [6.45, 7) is 2.66. The van der Waals surface area contributed by atoms with Crippen LogP contribution in [-0.2, 0) is 16.1 Å². The molecule has 6 nitrogen and oxygen atoms in total. The number of carbonyl (C=O) groups is 2. The SMILES string of the molecule is C[C@H](Cn1ccnc1)NC(=O)[C@@H]1CSCN1C(=O)C1CCCC1. The van der Waals surface area contributed by atoms with Gasteiger partial charge in [0.2, 0.25) is 11.8 Å². The Bertz CT molecular complexity index is 542. The summed E-state index contributed by atoms with van der Waals surface area (Å²) in [5, 5.41) is 3.04.